The summed E-state index contributed by atoms with van der Waals surface area (Å²) in [6.07, 6.45) is 0. The van der Waals surface area contributed by atoms with Gasteiger partial charge < -0.3 is 4.74 Å². The zero-order valence-electron chi connectivity index (χ0n) is 12.3. The summed E-state index contributed by atoms with van der Waals surface area (Å²) in [7, 11) is -3.84. The predicted molar refractivity (Wildman–Crippen MR) is 80.6 cm³/mol. The maximum Gasteiger partial charge on any atom is 0.241 e. The van der Waals surface area contributed by atoms with Crippen LogP contribution in [0.15, 0.2) is 35.2 Å². The smallest absolute Gasteiger partial charge is 0.241 e. The molecule has 21 heavy (non-hydrogen) atoms. The van der Waals surface area contributed by atoms with Gasteiger partial charge in [0, 0.05) is 5.69 Å². The van der Waals surface area contributed by atoms with Crippen LogP contribution in [-0.4, -0.2) is 13.4 Å². The van der Waals surface area contributed by atoms with Crippen molar-refractivity contribution in [2.24, 2.45) is 5.14 Å². The van der Waals surface area contributed by atoms with Crippen molar-refractivity contribution in [1.82, 2.24) is 4.98 Å². The lowest BCUT2D eigenvalue weighted by Crippen LogP contribution is -2.15. The van der Waals surface area contributed by atoms with Crippen LogP contribution in [0.4, 0.5) is 0 Å². The number of aromatic nitrogens is 1. The van der Waals surface area contributed by atoms with Gasteiger partial charge in [-0.2, -0.15) is 0 Å². The van der Waals surface area contributed by atoms with Crippen molar-refractivity contribution in [2.45, 2.75) is 32.3 Å². The average molecular weight is 306 g/mol. The standard InChI is InChI=1S/C15H18N2O3S/c1-10-7-11(2)15(14(8-10)21(16,18)19)20-9-13-6-4-5-12(3)17-13/h4-8H,9H2,1-3H3,(H2,16,18,19). The molecule has 0 amide bonds. The second-order valence-electron chi connectivity index (χ2n) is 5.01. The Morgan fingerprint density at radius 3 is 2.52 bits per heavy atom. The highest BCUT2D eigenvalue weighted by atomic mass is 32.2. The van der Waals surface area contributed by atoms with E-state index in [1.807, 2.05) is 38.1 Å². The number of nitrogens with two attached hydrogens (primary N) is 1. The molecule has 0 aliphatic carbocycles. The quantitative estimate of drug-likeness (QED) is 0.939. The van der Waals surface area contributed by atoms with E-state index in [4.69, 9.17) is 9.88 Å². The van der Waals surface area contributed by atoms with E-state index in [1.54, 1.807) is 6.92 Å². The fourth-order valence-electron chi connectivity index (χ4n) is 2.14. The summed E-state index contributed by atoms with van der Waals surface area (Å²) in [5, 5.41) is 5.27. The van der Waals surface area contributed by atoms with Crippen LogP contribution in [0.25, 0.3) is 0 Å². The maximum absolute atomic E-state index is 11.7. The van der Waals surface area contributed by atoms with Crippen LogP contribution in [0.3, 0.4) is 0 Å². The van der Waals surface area contributed by atoms with Crippen molar-refractivity contribution in [3.63, 3.8) is 0 Å². The van der Waals surface area contributed by atoms with E-state index in [0.717, 1.165) is 22.5 Å². The number of rotatable bonds is 4. The van der Waals surface area contributed by atoms with E-state index in [-0.39, 0.29) is 17.3 Å². The first-order valence-corrected chi connectivity index (χ1v) is 8.01. The summed E-state index contributed by atoms with van der Waals surface area (Å²) >= 11 is 0. The molecule has 6 heteroatoms. The molecule has 0 bridgehead atoms. The van der Waals surface area contributed by atoms with Crippen molar-refractivity contribution in [2.75, 3.05) is 0 Å². The van der Waals surface area contributed by atoms with Gasteiger partial charge in [-0.05, 0) is 50.1 Å². The number of hydrogen-bond donors (Lipinski definition) is 1. The molecule has 0 spiro atoms. The molecule has 112 valence electrons. The Kier molecular flexibility index (Phi) is 4.29. The maximum atomic E-state index is 11.7. The highest BCUT2D eigenvalue weighted by Crippen LogP contribution is 2.29. The van der Waals surface area contributed by atoms with Crippen LogP contribution < -0.4 is 9.88 Å². The Morgan fingerprint density at radius 2 is 1.90 bits per heavy atom. The van der Waals surface area contributed by atoms with E-state index in [1.165, 1.54) is 6.07 Å². The van der Waals surface area contributed by atoms with Gasteiger partial charge in [-0.3, -0.25) is 4.98 Å². The molecule has 0 aliphatic heterocycles. The van der Waals surface area contributed by atoms with Crippen LogP contribution in [0.2, 0.25) is 0 Å². The molecule has 2 rings (SSSR count). The molecule has 1 heterocycles. The van der Waals surface area contributed by atoms with E-state index < -0.39 is 10.0 Å². The molecule has 0 aliphatic rings. The molecular weight excluding hydrogens is 288 g/mol. The second kappa shape index (κ2) is 5.83. The third kappa shape index (κ3) is 3.80. The summed E-state index contributed by atoms with van der Waals surface area (Å²) in [6, 6.07) is 8.96. The van der Waals surface area contributed by atoms with Gasteiger partial charge in [0.2, 0.25) is 10.0 Å². The van der Waals surface area contributed by atoms with Crippen LogP contribution in [0.1, 0.15) is 22.5 Å². The SMILES string of the molecule is Cc1cc(C)c(OCc2cccc(C)n2)c(S(N)(=O)=O)c1. The Bertz CT molecular complexity index is 770. The molecule has 5 nitrogen and oxygen atoms in total. The summed E-state index contributed by atoms with van der Waals surface area (Å²) in [5.74, 6) is 0.284. The van der Waals surface area contributed by atoms with E-state index >= 15 is 0 Å². The minimum atomic E-state index is -3.84. The minimum absolute atomic E-state index is 0.00709. The third-order valence-electron chi connectivity index (χ3n) is 3.00. The first-order valence-electron chi connectivity index (χ1n) is 6.47. The van der Waals surface area contributed by atoms with Crippen LogP contribution in [0, 0.1) is 20.8 Å². The van der Waals surface area contributed by atoms with Gasteiger partial charge in [-0.15, -0.1) is 0 Å². The van der Waals surface area contributed by atoms with Crippen molar-refractivity contribution in [1.29, 1.82) is 0 Å². The largest absolute Gasteiger partial charge is 0.486 e. The summed E-state index contributed by atoms with van der Waals surface area (Å²) in [4.78, 5) is 4.33. The summed E-state index contributed by atoms with van der Waals surface area (Å²) in [6.45, 7) is 5.68. The fourth-order valence-corrected chi connectivity index (χ4v) is 2.97. The van der Waals surface area contributed by atoms with Crippen molar-refractivity contribution in [3.8, 4) is 5.75 Å². The van der Waals surface area contributed by atoms with E-state index in [2.05, 4.69) is 4.98 Å². The van der Waals surface area contributed by atoms with Crippen molar-refractivity contribution in [3.05, 3.63) is 52.8 Å². The Balaban J connectivity index is 2.36. The number of nitrogens with zero attached hydrogens (tertiary/aromatic N) is 1. The van der Waals surface area contributed by atoms with E-state index in [9.17, 15) is 8.42 Å². The number of pyridine rings is 1. The molecular formula is C15H18N2O3S. The normalized spacial score (nSPS) is 11.4. The van der Waals surface area contributed by atoms with Crippen molar-refractivity contribution < 1.29 is 13.2 Å². The zero-order valence-corrected chi connectivity index (χ0v) is 13.1. The van der Waals surface area contributed by atoms with Gasteiger partial charge in [-0.1, -0.05) is 12.1 Å². The molecule has 0 saturated carbocycles. The Labute approximate surface area is 124 Å². The first-order chi connectivity index (χ1) is 9.77. The van der Waals surface area contributed by atoms with Crippen LogP contribution in [-0.2, 0) is 16.6 Å². The monoisotopic (exact) mass is 306 g/mol. The predicted octanol–water partition coefficient (Wildman–Crippen LogP) is 2.23. The molecule has 0 radical (unpaired) electrons. The molecule has 1 aromatic carbocycles. The Hall–Kier alpha value is -1.92. The fraction of sp³-hybridized carbons (Fsp3) is 0.267. The summed E-state index contributed by atoms with van der Waals surface area (Å²) < 4.78 is 29.1. The lowest BCUT2D eigenvalue weighted by atomic mass is 10.1. The van der Waals surface area contributed by atoms with Gasteiger partial charge in [0.15, 0.2) is 0 Å². The first kappa shape index (κ1) is 15.5. The molecule has 0 atom stereocenters. The lowest BCUT2D eigenvalue weighted by Gasteiger charge is -2.14. The molecule has 2 aromatic rings. The number of aryl methyl sites for hydroxylation is 3. The second-order valence-corrected chi connectivity index (χ2v) is 6.54. The van der Waals surface area contributed by atoms with Gasteiger partial charge in [0.05, 0.1) is 5.69 Å². The topological polar surface area (TPSA) is 82.3 Å². The number of benzene rings is 1. The minimum Gasteiger partial charge on any atom is -0.486 e. The van der Waals surface area contributed by atoms with E-state index in [0.29, 0.717) is 0 Å². The highest BCUT2D eigenvalue weighted by Gasteiger charge is 2.18. The number of sulfonamides is 1. The number of hydrogen-bond acceptors (Lipinski definition) is 4. The van der Waals surface area contributed by atoms with Crippen LogP contribution in [0.5, 0.6) is 5.75 Å². The van der Waals surface area contributed by atoms with Crippen molar-refractivity contribution >= 4 is 10.0 Å². The highest BCUT2D eigenvalue weighted by molar-refractivity contribution is 7.89. The van der Waals surface area contributed by atoms with Gasteiger partial charge in [0.1, 0.15) is 17.3 Å². The molecule has 0 saturated heterocycles. The zero-order chi connectivity index (χ0) is 15.6. The molecule has 0 unspecified atom stereocenters. The molecule has 1 aromatic heterocycles. The third-order valence-corrected chi connectivity index (χ3v) is 3.92. The number of primary sulfonamides is 1. The molecule has 2 N–H and O–H groups in total. The Morgan fingerprint density at radius 1 is 1.19 bits per heavy atom. The summed E-state index contributed by atoms with van der Waals surface area (Å²) in [5.41, 5.74) is 3.16. The average Bonchev–Trinajstić information content (AvgIpc) is 2.36. The number of ether oxygens (including phenoxy) is 1. The molecule has 0 fully saturated rings. The lowest BCUT2D eigenvalue weighted by molar-refractivity contribution is 0.291. The van der Waals surface area contributed by atoms with Gasteiger partial charge in [-0.25, -0.2) is 13.6 Å². The van der Waals surface area contributed by atoms with Gasteiger partial charge >= 0.3 is 0 Å². The van der Waals surface area contributed by atoms with Crippen LogP contribution >= 0.6 is 0 Å². The van der Waals surface area contributed by atoms with Gasteiger partial charge in [0.25, 0.3) is 0 Å².